The Kier molecular flexibility index (Phi) is 4.56. The summed E-state index contributed by atoms with van der Waals surface area (Å²) in [4.78, 5) is 13.7. The SMILES string of the molecule is O=C(O)C(CCN1CCc2ccccc2CC1)NC1CC1. The van der Waals surface area contributed by atoms with Crippen molar-refractivity contribution < 1.29 is 9.90 Å². The standard InChI is InChI=1S/C17H24N2O2/c20-17(21)16(18-15-5-6-15)9-12-19-10-7-13-3-1-2-4-14(13)8-11-19/h1-4,15-16,18H,5-12H2,(H,20,21). The molecule has 4 heteroatoms. The Hall–Kier alpha value is -1.39. The Bertz CT molecular complexity index is 472. The van der Waals surface area contributed by atoms with Gasteiger partial charge in [0.2, 0.25) is 0 Å². The fraction of sp³-hybridized carbons (Fsp3) is 0.588. The summed E-state index contributed by atoms with van der Waals surface area (Å²) >= 11 is 0. The minimum absolute atomic E-state index is 0.386. The van der Waals surface area contributed by atoms with Crippen molar-refractivity contribution >= 4 is 5.97 Å². The monoisotopic (exact) mass is 288 g/mol. The quantitative estimate of drug-likeness (QED) is 0.836. The van der Waals surface area contributed by atoms with Crippen LogP contribution in [0.1, 0.15) is 30.4 Å². The van der Waals surface area contributed by atoms with Crippen molar-refractivity contribution in [2.24, 2.45) is 0 Å². The Labute approximate surface area is 126 Å². The first-order chi connectivity index (χ1) is 10.2. The van der Waals surface area contributed by atoms with Crippen LogP contribution in [0.4, 0.5) is 0 Å². The molecule has 0 radical (unpaired) electrons. The highest BCUT2D eigenvalue weighted by Crippen LogP contribution is 2.20. The van der Waals surface area contributed by atoms with E-state index in [1.165, 1.54) is 11.1 Å². The van der Waals surface area contributed by atoms with E-state index in [0.717, 1.165) is 45.3 Å². The molecule has 1 heterocycles. The maximum Gasteiger partial charge on any atom is 0.320 e. The number of carboxylic acids is 1. The molecule has 1 atom stereocenters. The molecular formula is C17H24N2O2. The highest BCUT2D eigenvalue weighted by Gasteiger charge is 2.28. The summed E-state index contributed by atoms with van der Waals surface area (Å²) in [6, 6.07) is 8.70. The molecule has 1 unspecified atom stereocenters. The third kappa shape index (κ3) is 4.05. The lowest BCUT2D eigenvalue weighted by Crippen LogP contribution is -2.41. The molecule has 0 aromatic heterocycles. The lowest BCUT2D eigenvalue weighted by Gasteiger charge is -2.22. The first-order valence-corrected chi connectivity index (χ1v) is 8.00. The van der Waals surface area contributed by atoms with Gasteiger partial charge in [-0.3, -0.25) is 4.79 Å². The topological polar surface area (TPSA) is 52.6 Å². The second-order valence-electron chi connectivity index (χ2n) is 6.23. The number of aliphatic carboxylic acids is 1. The number of fused-ring (bicyclic) bond motifs is 1. The van der Waals surface area contributed by atoms with Gasteiger partial charge in [-0.05, 0) is 43.2 Å². The summed E-state index contributed by atoms with van der Waals surface area (Å²) in [6.45, 7) is 2.93. The summed E-state index contributed by atoms with van der Waals surface area (Å²) in [5.74, 6) is -0.708. The largest absolute Gasteiger partial charge is 0.480 e. The molecule has 1 aliphatic heterocycles. The average Bonchev–Trinajstić information content (AvgIpc) is 3.30. The van der Waals surface area contributed by atoms with Crippen molar-refractivity contribution in [3.63, 3.8) is 0 Å². The van der Waals surface area contributed by atoms with Crippen LogP contribution in [0.2, 0.25) is 0 Å². The molecule has 0 saturated heterocycles. The number of carbonyl (C=O) groups is 1. The predicted octanol–water partition coefficient (Wildman–Crippen LogP) is 1.68. The number of hydrogen-bond acceptors (Lipinski definition) is 3. The van der Waals surface area contributed by atoms with Gasteiger partial charge < -0.3 is 15.3 Å². The molecule has 1 aromatic rings. The zero-order chi connectivity index (χ0) is 14.7. The fourth-order valence-electron chi connectivity index (χ4n) is 3.06. The van der Waals surface area contributed by atoms with E-state index in [-0.39, 0.29) is 6.04 Å². The van der Waals surface area contributed by atoms with E-state index < -0.39 is 5.97 Å². The maximum atomic E-state index is 11.3. The van der Waals surface area contributed by atoms with Gasteiger partial charge in [0.25, 0.3) is 0 Å². The highest BCUT2D eigenvalue weighted by molar-refractivity contribution is 5.73. The van der Waals surface area contributed by atoms with E-state index in [1.807, 2.05) is 0 Å². The van der Waals surface area contributed by atoms with Gasteiger partial charge in [-0.2, -0.15) is 0 Å². The van der Waals surface area contributed by atoms with E-state index >= 15 is 0 Å². The molecule has 3 rings (SSSR count). The van der Waals surface area contributed by atoms with Crippen molar-refractivity contribution in [3.8, 4) is 0 Å². The molecule has 1 fully saturated rings. The fourth-order valence-corrected chi connectivity index (χ4v) is 3.06. The molecule has 2 N–H and O–H groups in total. The Morgan fingerprint density at radius 1 is 1.24 bits per heavy atom. The van der Waals surface area contributed by atoms with Crippen molar-refractivity contribution in [2.45, 2.75) is 44.2 Å². The third-order valence-corrected chi connectivity index (χ3v) is 4.56. The molecule has 1 saturated carbocycles. The summed E-state index contributed by atoms with van der Waals surface area (Å²) in [6.07, 6.45) is 5.10. The number of rotatable bonds is 6. The lowest BCUT2D eigenvalue weighted by molar-refractivity contribution is -0.139. The molecule has 0 bridgehead atoms. The van der Waals surface area contributed by atoms with Gasteiger partial charge in [0.1, 0.15) is 6.04 Å². The first kappa shape index (κ1) is 14.5. The van der Waals surface area contributed by atoms with Gasteiger partial charge >= 0.3 is 5.97 Å². The van der Waals surface area contributed by atoms with Crippen LogP contribution < -0.4 is 5.32 Å². The number of carboxylic acid groups (broad SMARTS) is 1. The lowest BCUT2D eigenvalue weighted by atomic mass is 10.0. The molecule has 0 spiro atoms. The van der Waals surface area contributed by atoms with Crippen LogP contribution in [-0.4, -0.2) is 47.7 Å². The van der Waals surface area contributed by atoms with Crippen molar-refractivity contribution in [2.75, 3.05) is 19.6 Å². The summed E-state index contributed by atoms with van der Waals surface area (Å²) < 4.78 is 0. The van der Waals surface area contributed by atoms with Crippen LogP contribution in [0.3, 0.4) is 0 Å². The molecule has 21 heavy (non-hydrogen) atoms. The zero-order valence-electron chi connectivity index (χ0n) is 12.4. The van der Waals surface area contributed by atoms with Crippen LogP contribution in [0.25, 0.3) is 0 Å². The predicted molar refractivity (Wildman–Crippen MR) is 82.5 cm³/mol. The van der Waals surface area contributed by atoms with E-state index in [1.54, 1.807) is 0 Å². The maximum absolute atomic E-state index is 11.3. The van der Waals surface area contributed by atoms with Crippen LogP contribution in [0, 0.1) is 0 Å². The zero-order valence-corrected chi connectivity index (χ0v) is 12.4. The summed E-state index contributed by atoms with van der Waals surface area (Å²) in [7, 11) is 0. The number of nitrogens with zero attached hydrogens (tertiary/aromatic N) is 1. The smallest absolute Gasteiger partial charge is 0.320 e. The minimum atomic E-state index is -0.708. The van der Waals surface area contributed by atoms with Crippen molar-refractivity contribution in [3.05, 3.63) is 35.4 Å². The van der Waals surface area contributed by atoms with Gasteiger partial charge in [0.05, 0.1) is 0 Å². The summed E-state index contributed by atoms with van der Waals surface area (Å²) in [5.41, 5.74) is 2.90. The van der Waals surface area contributed by atoms with Crippen LogP contribution in [0.5, 0.6) is 0 Å². The Morgan fingerprint density at radius 2 is 1.86 bits per heavy atom. The van der Waals surface area contributed by atoms with E-state index in [0.29, 0.717) is 12.5 Å². The van der Waals surface area contributed by atoms with E-state index in [9.17, 15) is 9.90 Å². The van der Waals surface area contributed by atoms with Gasteiger partial charge in [-0.15, -0.1) is 0 Å². The van der Waals surface area contributed by atoms with Gasteiger partial charge in [-0.1, -0.05) is 24.3 Å². The number of nitrogens with one attached hydrogen (secondary N) is 1. The normalized spacial score (nSPS) is 20.6. The molecule has 114 valence electrons. The first-order valence-electron chi connectivity index (χ1n) is 8.00. The molecule has 1 aliphatic carbocycles. The molecule has 1 aromatic carbocycles. The minimum Gasteiger partial charge on any atom is -0.480 e. The molecule has 4 nitrogen and oxygen atoms in total. The van der Waals surface area contributed by atoms with Gasteiger partial charge in [0.15, 0.2) is 0 Å². The van der Waals surface area contributed by atoms with E-state index in [4.69, 9.17) is 0 Å². The number of benzene rings is 1. The van der Waals surface area contributed by atoms with Crippen LogP contribution >= 0.6 is 0 Å². The summed E-state index contributed by atoms with van der Waals surface area (Å²) in [5, 5.41) is 12.5. The second-order valence-corrected chi connectivity index (χ2v) is 6.23. The Balaban J connectivity index is 1.50. The second kappa shape index (κ2) is 6.58. The van der Waals surface area contributed by atoms with E-state index in [2.05, 4.69) is 34.5 Å². The third-order valence-electron chi connectivity index (χ3n) is 4.56. The van der Waals surface area contributed by atoms with Gasteiger partial charge in [-0.25, -0.2) is 0 Å². The highest BCUT2D eigenvalue weighted by atomic mass is 16.4. The molecule has 2 aliphatic rings. The van der Waals surface area contributed by atoms with Crippen molar-refractivity contribution in [1.82, 2.24) is 10.2 Å². The Morgan fingerprint density at radius 3 is 2.38 bits per heavy atom. The molecular weight excluding hydrogens is 264 g/mol. The molecule has 0 amide bonds. The van der Waals surface area contributed by atoms with Crippen molar-refractivity contribution in [1.29, 1.82) is 0 Å². The number of hydrogen-bond donors (Lipinski definition) is 2. The average molecular weight is 288 g/mol. The van der Waals surface area contributed by atoms with Crippen LogP contribution in [0.15, 0.2) is 24.3 Å². The van der Waals surface area contributed by atoms with Gasteiger partial charge in [0, 0.05) is 25.7 Å². The van der Waals surface area contributed by atoms with Crippen LogP contribution in [-0.2, 0) is 17.6 Å².